The molecule has 0 aliphatic carbocycles. The molecule has 0 saturated heterocycles. The van der Waals surface area contributed by atoms with E-state index in [0.29, 0.717) is 18.1 Å². The number of benzene rings is 1. The summed E-state index contributed by atoms with van der Waals surface area (Å²) < 4.78 is 10.5. The number of methoxy groups -OCH3 is 1. The van der Waals surface area contributed by atoms with Gasteiger partial charge in [-0.25, -0.2) is 0 Å². The molecule has 4 heteroatoms. The van der Waals surface area contributed by atoms with Crippen LogP contribution in [0.3, 0.4) is 0 Å². The highest BCUT2D eigenvalue weighted by Crippen LogP contribution is 2.29. The Morgan fingerprint density at radius 2 is 2.13 bits per heavy atom. The normalized spacial score (nSPS) is 12.3. The van der Waals surface area contributed by atoms with Gasteiger partial charge in [-0.1, -0.05) is 6.07 Å². The van der Waals surface area contributed by atoms with E-state index in [1.165, 1.54) is 0 Å². The quantitative estimate of drug-likeness (QED) is 0.765. The minimum absolute atomic E-state index is 0.0854. The lowest BCUT2D eigenvalue weighted by molar-refractivity contribution is 0.267. The van der Waals surface area contributed by atoms with Crippen LogP contribution in [0.2, 0.25) is 0 Å². The number of aliphatic hydroxyl groups is 1. The fourth-order valence-corrected chi connectivity index (χ4v) is 1.30. The minimum Gasteiger partial charge on any atom is -0.493 e. The van der Waals surface area contributed by atoms with Crippen LogP contribution in [-0.4, -0.2) is 25.4 Å². The SMILES string of the molecule is CCOc1cc([C@@H](N)CO)ccc1OC. The average Bonchev–Trinajstić information content (AvgIpc) is 2.28. The molecule has 0 amide bonds. The molecule has 15 heavy (non-hydrogen) atoms. The molecule has 0 spiro atoms. The van der Waals surface area contributed by atoms with Gasteiger partial charge in [-0.3, -0.25) is 0 Å². The average molecular weight is 211 g/mol. The van der Waals surface area contributed by atoms with Gasteiger partial charge in [0.1, 0.15) is 0 Å². The predicted molar refractivity (Wildman–Crippen MR) is 58.2 cm³/mol. The zero-order valence-electron chi connectivity index (χ0n) is 9.06. The lowest BCUT2D eigenvalue weighted by atomic mass is 10.1. The van der Waals surface area contributed by atoms with Crippen molar-refractivity contribution in [3.8, 4) is 11.5 Å². The van der Waals surface area contributed by atoms with Crippen molar-refractivity contribution in [1.29, 1.82) is 0 Å². The number of ether oxygens (including phenoxy) is 2. The monoisotopic (exact) mass is 211 g/mol. The van der Waals surface area contributed by atoms with Crippen LogP contribution in [0, 0.1) is 0 Å². The summed E-state index contributed by atoms with van der Waals surface area (Å²) in [4.78, 5) is 0. The van der Waals surface area contributed by atoms with E-state index in [0.717, 1.165) is 5.56 Å². The first kappa shape index (κ1) is 11.8. The molecule has 4 nitrogen and oxygen atoms in total. The van der Waals surface area contributed by atoms with Crippen molar-refractivity contribution >= 4 is 0 Å². The van der Waals surface area contributed by atoms with Crippen molar-refractivity contribution < 1.29 is 14.6 Å². The Morgan fingerprint density at radius 1 is 1.40 bits per heavy atom. The predicted octanol–water partition coefficient (Wildman–Crippen LogP) is 1.09. The maximum absolute atomic E-state index is 8.94. The summed E-state index contributed by atoms with van der Waals surface area (Å²) in [5, 5.41) is 8.94. The molecule has 1 rings (SSSR count). The molecule has 1 aromatic rings. The first-order valence-corrected chi connectivity index (χ1v) is 4.90. The second-order valence-corrected chi connectivity index (χ2v) is 3.13. The third-order valence-corrected chi connectivity index (χ3v) is 2.11. The van der Waals surface area contributed by atoms with Gasteiger partial charge in [0.25, 0.3) is 0 Å². The van der Waals surface area contributed by atoms with Gasteiger partial charge in [0.2, 0.25) is 0 Å². The van der Waals surface area contributed by atoms with Crippen molar-refractivity contribution in [2.45, 2.75) is 13.0 Å². The van der Waals surface area contributed by atoms with E-state index in [2.05, 4.69) is 0 Å². The molecule has 0 radical (unpaired) electrons. The van der Waals surface area contributed by atoms with Crippen molar-refractivity contribution in [2.24, 2.45) is 5.73 Å². The molecule has 0 heterocycles. The number of hydrogen-bond donors (Lipinski definition) is 2. The fraction of sp³-hybridized carbons (Fsp3) is 0.455. The van der Waals surface area contributed by atoms with Crippen molar-refractivity contribution in [3.05, 3.63) is 23.8 Å². The van der Waals surface area contributed by atoms with Crippen LogP contribution in [0.15, 0.2) is 18.2 Å². The van der Waals surface area contributed by atoms with Crippen LogP contribution in [0.25, 0.3) is 0 Å². The first-order chi connectivity index (χ1) is 7.22. The second kappa shape index (κ2) is 5.58. The zero-order valence-corrected chi connectivity index (χ0v) is 9.06. The van der Waals surface area contributed by atoms with Crippen LogP contribution in [-0.2, 0) is 0 Å². The maximum Gasteiger partial charge on any atom is 0.161 e. The molecule has 0 fully saturated rings. The highest BCUT2D eigenvalue weighted by atomic mass is 16.5. The molecule has 84 valence electrons. The number of aliphatic hydroxyl groups excluding tert-OH is 1. The summed E-state index contributed by atoms with van der Waals surface area (Å²) in [6, 6.07) is 5.02. The lowest BCUT2D eigenvalue weighted by Gasteiger charge is -2.13. The fourth-order valence-electron chi connectivity index (χ4n) is 1.30. The van der Waals surface area contributed by atoms with Crippen molar-refractivity contribution in [3.63, 3.8) is 0 Å². The Balaban J connectivity index is 2.98. The molecule has 0 saturated carbocycles. The molecule has 0 aliphatic heterocycles. The lowest BCUT2D eigenvalue weighted by Crippen LogP contribution is -2.14. The Bertz CT molecular complexity index is 315. The first-order valence-electron chi connectivity index (χ1n) is 4.90. The molecular weight excluding hydrogens is 194 g/mol. The standard InChI is InChI=1S/C11H17NO3/c1-3-15-11-6-8(9(12)7-13)4-5-10(11)14-2/h4-6,9,13H,3,7,12H2,1-2H3/t9-/m0/s1. The zero-order chi connectivity index (χ0) is 11.3. The molecular formula is C11H17NO3. The Hall–Kier alpha value is -1.26. The van der Waals surface area contributed by atoms with E-state index in [-0.39, 0.29) is 12.6 Å². The molecule has 0 aliphatic rings. The van der Waals surface area contributed by atoms with Gasteiger partial charge >= 0.3 is 0 Å². The van der Waals surface area contributed by atoms with Crippen LogP contribution >= 0.6 is 0 Å². The van der Waals surface area contributed by atoms with Crippen molar-refractivity contribution in [2.75, 3.05) is 20.3 Å². The highest BCUT2D eigenvalue weighted by molar-refractivity contribution is 5.43. The van der Waals surface area contributed by atoms with Gasteiger partial charge < -0.3 is 20.3 Å². The molecule has 3 N–H and O–H groups in total. The maximum atomic E-state index is 8.94. The molecule has 1 aromatic carbocycles. The Morgan fingerprint density at radius 3 is 2.67 bits per heavy atom. The van der Waals surface area contributed by atoms with Gasteiger partial charge in [-0.2, -0.15) is 0 Å². The summed E-state index contributed by atoms with van der Waals surface area (Å²) in [7, 11) is 1.59. The van der Waals surface area contributed by atoms with Gasteiger partial charge in [0.05, 0.1) is 26.4 Å². The number of nitrogens with two attached hydrogens (primary N) is 1. The number of hydrogen-bond acceptors (Lipinski definition) is 4. The summed E-state index contributed by atoms with van der Waals surface area (Å²) in [5.41, 5.74) is 6.54. The second-order valence-electron chi connectivity index (χ2n) is 3.13. The van der Waals surface area contributed by atoms with Crippen LogP contribution in [0.5, 0.6) is 11.5 Å². The summed E-state index contributed by atoms with van der Waals surface area (Å²) in [6.07, 6.45) is 0. The highest BCUT2D eigenvalue weighted by Gasteiger charge is 2.09. The summed E-state index contributed by atoms with van der Waals surface area (Å²) in [5.74, 6) is 1.33. The van der Waals surface area contributed by atoms with Crippen LogP contribution in [0.1, 0.15) is 18.5 Å². The van der Waals surface area contributed by atoms with Gasteiger partial charge in [0, 0.05) is 0 Å². The van der Waals surface area contributed by atoms with E-state index in [4.69, 9.17) is 20.3 Å². The van der Waals surface area contributed by atoms with Crippen LogP contribution < -0.4 is 15.2 Å². The third-order valence-electron chi connectivity index (χ3n) is 2.11. The van der Waals surface area contributed by atoms with Gasteiger partial charge in [-0.05, 0) is 24.6 Å². The third kappa shape index (κ3) is 2.84. The topological polar surface area (TPSA) is 64.7 Å². The summed E-state index contributed by atoms with van der Waals surface area (Å²) >= 11 is 0. The van der Waals surface area contributed by atoms with E-state index in [1.54, 1.807) is 19.2 Å². The Labute approximate surface area is 89.6 Å². The largest absolute Gasteiger partial charge is 0.493 e. The molecule has 1 atom stereocenters. The van der Waals surface area contributed by atoms with Crippen molar-refractivity contribution in [1.82, 2.24) is 0 Å². The molecule has 0 aromatic heterocycles. The van der Waals surface area contributed by atoms with E-state index in [9.17, 15) is 0 Å². The number of rotatable bonds is 5. The van der Waals surface area contributed by atoms with E-state index in [1.807, 2.05) is 13.0 Å². The van der Waals surface area contributed by atoms with Gasteiger partial charge in [-0.15, -0.1) is 0 Å². The van der Waals surface area contributed by atoms with Crippen LogP contribution in [0.4, 0.5) is 0 Å². The van der Waals surface area contributed by atoms with E-state index < -0.39 is 0 Å². The summed E-state index contributed by atoms with van der Waals surface area (Å²) in [6.45, 7) is 2.38. The van der Waals surface area contributed by atoms with Gasteiger partial charge in [0.15, 0.2) is 11.5 Å². The Kier molecular flexibility index (Phi) is 4.39. The molecule has 0 unspecified atom stereocenters. The minimum atomic E-state index is -0.380. The smallest absolute Gasteiger partial charge is 0.161 e. The molecule has 0 bridgehead atoms. The van der Waals surface area contributed by atoms with E-state index >= 15 is 0 Å².